The number of carbonyl (C=O) groups is 2. The second kappa shape index (κ2) is 7.08. The van der Waals surface area contributed by atoms with Crippen LogP contribution < -0.4 is 10.2 Å². The van der Waals surface area contributed by atoms with Crippen LogP contribution in [0.15, 0.2) is 18.2 Å². The van der Waals surface area contributed by atoms with Crippen molar-refractivity contribution in [2.45, 2.75) is 6.42 Å². The molecule has 2 aliphatic rings. The van der Waals surface area contributed by atoms with Crippen LogP contribution in [0, 0.1) is 5.92 Å². The quantitative estimate of drug-likeness (QED) is 0.852. The molecular formula is C17H20N4O4S. The van der Waals surface area contributed by atoms with Gasteiger partial charge in [-0.3, -0.25) is 4.79 Å². The maximum atomic E-state index is 12.4. The molecule has 0 bridgehead atoms. The molecule has 2 aromatic rings. The molecule has 138 valence electrons. The summed E-state index contributed by atoms with van der Waals surface area (Å²) in [5, 5.41) is 12.9. The molecule has 9 heteroatoms. The van der Waals surface area contributed by atoms with Gasteiger partial charge in [0.25, 0.3) is 0 Å². The van der Waals surface area contributed by atoms with E-state index in [4.69, 9.17) is 9.84 Å². The third-order valence-electron chi connectivity index (χ3n) is 4.73. The molecule has 0 saturated carbocycles. The lowest BCUT2D eigenvalue weighted by atomic mass is 10.1. The number of benzene rings is 1. The number of aromatic nitrogens is 1. The van der Waals surface area contributed by atoms with E-state index in [0.717, 1.165) is 28.4 Å². The molecule has 3 heterocycles. The first kappa shape index (κ1) is 17.0. The van der Waals surface area contributed by atoms with E-state index >= 15 is 0 Å². The van der Waals surface area contributed by atoms with E-state index in [1.165, 1.54) is 0 Å². The lowest BCUT2D eigenvalue weighted by Gasteiger charge is -2.25. The third kappa shape index (κ3) is 3.45. The van der Waals surface area contributed by atoms with Crippen molar-refractivity contribution in [1.29, 1.82) is 0 Å². The van der Waals surface area contributed by atoms with E-state index in [0.29, 0.717) is 31.9 Å². The molecular weight excluding hydrogens is 356 g/mol. The standard InChI is InChI=1S/C17H20N4O4S/c22-15(23)11-3-4-21(10-11)16(24)18-12-1-2-13-14(9-12)26-17(19-13)20-5-7-25-8-6-20/h1-2,9,11H,3-8,10H2,(H,18,24)(H,22,23). The maximum absolute atomic E-state index is 12.4. The van der Waals surface area contributed by atoms with Crippen LogP contribution in [0.25, 0.3) is 10.2 Å². The minimum atomic E-state index is -0.845. The third-order valence-corrected chi connectivity index (χ3v) is 5.81. The number of amides is 2. The summed E-state index contributed by atoms with van der Waals surface area (Å²) in [5.41, 5.74) is 1.60. The van der Waals surface area contributed by atoms with E-state index in [-0.39, 0.29) is 12.6 Å². The van der Waals surface area contributed by atoms with Crippen molar-refractivity contribution in [3.8, 4) is 0 Å². The summed E-state index contributed by atoms with van der Waals surface area (Å²) in [5.74, 6) is -1.32. The average molecular weight is 376 g/mol. The van der Waals surface area contributed by atoms with Crippen LogP contribution in [-0.4, -0.2) is 66.4 Å². The van der Waals surface area contributed by atoms with E-state index in [2.05, 4.69) is 15.2 Å². The van der Waals surface area contributed by atoms with Gasteiger partial charge in [-0.2, -0.15) is 0 Å². The number of nitrogens with one attached hydrogen (secondary N) is 1. The molecule has 8 nitrogen and oxygen atoms in total. The Morgan fingerprint density at radius 1 is 1.27 bits per heavy atom. The number of fused-ring (bicyclic) bond motifs is 1. The zero-order valence-corrected chi connectivity index (χ0v) is 15.0. The van der Waals surface area contributed by atoms with Gasteiger partial charge in [0, 0.05) is 31.9 Å². The van der Waals surface area contributed by atoms with Crippen molar-refractivity contribution in [1.82, 2.24) is 9.88 Å². The van der Waals surface area contributed by atoms with Crippen molar-refractivity contribution < 1.29 is 19.4 Å². The lowest BCUT2D eigenvalue weighted by Crippen LogP contribution is -2.36. The number of carbonyl (C=O) groups excluding carboxylic acids is 1. The van der Waals surface area contributed by atoms with Gasteiger partial charge in [-0.1, -0.05) is 11.3 Å². The molecule has 1 aromatic carbocycles. The molecule has 2 amide bonds. The second-order valence-corrected chi connectivity index (χ2v) is 7.49. The van der Waals surface area contributed by atoms with Crippen molar-refractivity contribution in [2.75, 3.05) is 49.6 Å². The van der Waals surface area contributed by atoms with Crippen molar-refractivity contribution >= 4 is 44.4 Å². The Labute approximate surface area is 154 Å². The fourth-order valence-corrected chi connectivity index (χ4v) is 4.29. The number of aliphatic carboxylic acids is 1. The number of anilines is 2. The first-order chi connectivity index (χ1) is 12.6. The number of thiazole rings is 1. The summed E-state index contributed by atoms with van der Waals surface area (Å²) in [4.78, 5) is 31.8. The number of hydrogen-bond donors (Lipinski definition) is 2. The number of carboxylic acids is 1. The molecule has 26 heavy (non-hydrogen) atoms. The van der Waals surface area contributed by atoms with E-state index in [1.54, 1.807) is 16.2 Å². The minimum Gasteiger partial charge on any atom is -0.481 e. The van der Waals surface area contributed by atoms with Gasteiger partial charge in [0.15, 0.2) is 5.13 Å². The topological polar surface area (TPSA) is 95.0 Å². The van der Waals surface area contributed by atoms with Crippen LogP contribution in [0.1, 0.15) is 6.42 Å². The summed E-state index contributed by atoms with van der Waals surface area (Å²) in [6, 6.07) is 5.38. The molecule has 1 unspecified atom stereocenters. The van der Waals surface area contributed by atoms with Crippen molar-refractivity contribution in [3.05, 3.63) is 18.2 Å². The highest BCUT2D eigenvalue weighted by molar-refractivity contribution is 7.22. The molecule has 1 aromatic heterocycles. The zero-order valence-electron chi connectivity index (χ0n) is 14.2. The monoisotopic (exact) mass is 376 g/mol. The number of likely N-dealkylation sites (tertiary alicyclic amines) is 1. The Balaban J connectivity index is 1.45. The van der Waals surface area contributed by atoms with Gasteiger partial charge >= 0.3 is 12.0 Å². The number of carboxylic acid groups (broad SMARTS) is 1. The van der Waals surface area contributed by atoms with E-state index < -0.39 is 11.9 Å². The molecule has 4 rings (SSSR count). The van der Waals surface area contributed by atoms with Gasteiger partial charge in [0.2, 0.25) is 0 Å². The second-order valence-electron chi connectivity index (χ2n) is 6.48. The van der Waals surface area contributed by atoms with Crippen molar-refractivity contribution in [3.63, 3.8) is 0 Å². The maximum Gasteiger partial charge on any atom is 0.321 e. The Hall–Kier alpha value is -2.39. The molecule has 0 aliphatic carbocycles. The molecule has 2 aliphatic heterocycles. The number of hydrogen-bond acceptors (Lipinski definition) is 6. The number of morpholine rings is 1. The van der Waals surface area contributed by atoms with Crippen LogP contribution in [0.5, 0.6) is 0 Å². The lowest BCUT2D eigenvalue weighted by molar-refractivity contribution is -0.141. The Morgan fingerprint density at radius 2 is 2.08 bits per heavy atom. The van der Waals surface area contributed by atoms with Gasteiger partial charge < -0.3 is 25.0 Å². The molecule has 1 atom stereocenters. The van der Waals surface area contributed by atoms with E-state index in [1.807, 2.05) is 18.2 Å². The number of rotatable bonds is 3. The summed E-state index contributed by atoms with van der Waals surface area (Å²) in [6.07, 6.45) is 0.500. The number of urea groups is 1. The van der Waals surface area contributed by atoms with Crippen LogP contribution in [0.3, 0.4) is 0 Å². The molecule has 2 fully saturated rings. The van der Waals surface area contributed by atoms with Crippen LogP contribution in [0.4, 0.5) is 15.6 Å². The number of nitrogens with zero attached hydrogens (tertiary/aromatic N) is 3. The van der Waals surface area contributed by atoms with Gasteiger partial charge in [0.05, 0.1) is 29.3 Å². The predicted molar refractivity (Wildman–Crippen MR) is 99.0 cm³/mol. The van der Waals surface area contributed by atoms with Crippen LogP contribution in [0.2, 0.25) is 0 Å². The van der Waals surface area contributed by atoms with Gasteiger partial charge in [-0.25, -0.2) is 9.78 Å². The first-order valence-corrected chi connectivity index (χ1v) is 9.44. The van der Waals surface area contributed by atoms with Gasteiger partial charge in [0.1, 0.15) is 0 Å². The molecule has 2 N–H and O–H groups in total. The van der Waals surface area contributed by atoms with Crippen LogP contribution in [-0.2, 0) is 9.53 Å². The fourth-order valence-electron chi connectivity index (χ4n) is 3.23. The van der Waals surface area contributed by atoms with Crippen LogP contribution >= 0.6 is 11.3 Å². The SMILES string of the molecule is O=C(O)C1CCN(C(=O)Nc2ccc3nc(N4CCOCC4)sc3c2)C1. The highest BCUT2D eigenvalue weighted by Gasteiger charge is 2.30. The highest BCUT2D eigenvalue weighted by atomic mass is 32.1. The fraction of sp³-hybridized carbons (Fsp3) is 0.471. The highest BCUT2D eigenvalue weighted by Crippen LogP contribution is 2.31. The molecule has 0 spiro atoms. The van der Waals surface area contributed by atoms with Crippen molar-refractivity contribution in [2.24, 2.45) is 5.92 Å². The van der Waals surface area contributed by atoms with Gasteiger partial charge in [-0.05, 0) is 24.6 Å². The van der Waals surface area contributed by atoms with E-state index in [9.17, 15) is 9.59 Å². The van der Waals surface area contributed by atoms with Gasteiger partial charge in [-0.15, -0.1) is 0 Å². The smallest absolute Gasteiger partial charge is 0.321 e. The normalized spacial score (nSPS) is 20.5. The Kier molecular flexibility index (Phi) is 4.64. The number of ether oxygens (including phenoxy) is 1. The summed E-state index contributed by atoms with van der Waals surface area (Å²) in [7, 11) is 0. The minimum absolute atomic E-state index is 0.255. The summed E-state index contributed by atoms with van der Waals surface area (Å²) >= 11 is 1.60. The largest absolute Gasteiger partial charge is 0.481 e. The molecule has 0 radical (unpaired) electrons. The first-order valence-electron chi connectivity index (χ1n) is 8.62. The average Bonchev–Trinajstić information content (AvgIpc) is 3.29. The predicted octanol–water partition coefficient (Wildman–Crippen LogP) is 2.07. The Bertz CT molecular complexity index is 833. The summed E-state index contributed by atoms with van der Waals surface area (Å²) in [6.45, 7) is 3.82. The Morgan fingerprint density at radius 3 is 2.81 bits per heavy atom. The zero-order chi connectivity index (χ0) is 18.1. The summed E-state index contributed by atoms with van der Waals surface area (Å²) < 4.78 is 6.38. The molecule has 2 saturated heterocycles.